The van der Waals surface area contributed by atoms with Crippen LogP contribution in [0.15, 0.2) is 18.2 Å². The maximum atomic E-state index is 11.9. The van der Waals surface area contributed by atoms with Gasteiger partial charge >= 0.3 is 0 Å². The molecule has 5 nitrogen and oxygen atoms in total. The van der Waals surface area contributed by atoms with Crippen molar-refractivity contribution in [3.63, 3.8) is 0 Å². The van der Waals surface area contributed by atoms with E-state index in [4.69, 9.17) is 4.74 Å². The topological polar surface area (TPSA) is 67.4 Å². The normalized spacial score (nSPS) is 13.9. The van der Waals surface area contributed by atoms with Crippen molar-refractivity contribution in [2.24, 2.45) is 5.92 Å². The van der Waals surface area contributed by atoms with Gasteiger partial charge in [0.15, 0.2) is 0 Å². The summed E-state index contributed by atoms with van der Waals surface area (Å²) in [6.07, 6.45) is 2.83. The minimum absolute atomic E-state index is 0.0297. The molecule has 5 heteroatoms. The molecular formula is C17H24N2O3. The largest absolute Gasteiger partial charge is 0.491 e. The van der Waals surface area contributed by atoms with Gasteiger partial charge in [0.25, 0.3) is 0 Å². The molecule has 1 aromatic rings. The molecule has 120 valence electrons. The fourth-order valence-electron chi connectivity index (χ4n) is 2.56. The van der Waals surface area contributed by atoms with Crippen LogP contribution in [-0.4, -0.2) is 25.0 Å². The van der Waals surface area contributed by atoms with E-state index in [2.05, 4.69) is 10.6 Å². The lowest BCUT2D eigenvalue weighted by atomic mass is 10.0. The highest BCUT2D eigenvalue weighted by Crippen LogP contribution is 2.28. The fraction of sp³-hybridized carbons (Fsp3) is 0.529. The van der Waals surface area contributed by atoms with Crippen LogP contribution in [0.2, 0.25) is 0 Å². The first-order valence-corrected chi connectivity index (χ1v) is 7.97. The average molecular weight is 304 g/mol. The zero-order valence-electron chi connectivity index (χ0n) is 13.3. The van der Waals surface area contributed by atoms with E-state index in [1.807, 2.05) is 32.0 Å². The molecule has 2 rings (SSSR count). The van der Waals surface area contributed by atoms with Gasteiger partial charge < -0.3 is 15.4 Å². The molecular weight excluding hydrogens is 280 g/mol. The molecule has 1 aromatic carbocycles. The van der Waals surface area contributed by atoms with Crippen molar-refractivity contribution in [1.82, 2.24) is 5.32 Å². The zero-order valence-corrected chi connectivity index (χ0v) is 13.3. The molecule has 0 atom stereocenters. The number of hydrogen-bond donors (Lipinski definition) is 2. The predicted molar refractivity (Wildman–Crippen MR) is 86.0 cm³/mol. The number of amides is 2. The third-order valence-electron chi connectivity index (χ3n) is 3.97. The second kappa shape index (κ2) is 7.82. The van der Waals surface area contributed by atoms with Crippen LogP contribution >= 0.6 is 0 Å². The minimum Gasteiger partial charge on any atom is -0.491 e. The molecule has 22 heavy (non-hydrogen) atoms. The van der Waals surface area contributed by atoms with Crippen LogP contribution in [0.5, 0.6) is 5.75 Å². The molecule has 1 heterocycles. The first-order valence-electron chi connectivity index (χ1n) is 7.97. The molecule has 0 unspecified atom stereocenters. The summed E-state index contributed by atoms with van der Waals surface area (Å²) in [6.45, 7) is 5.07. The summed E-state index contributed by atoms with van der Waals surface area (Å²) >= 11 is 0. The Hall–Kier alpha value is -2.04. The SMILES string of the molecule is CCC(CC)C(=O)NCCc1ccc2c(c1)NC(=O)CCO2. The monoisotopic (exact) mass is 304 g/mol. The number of ether oxygens (including phenoxy) is 1. The van der Waals surface area contributed by atoms with Crippen molar-refractivity contribution in [3.8, 4) is 5.75 Å². The van der Waals surface area contributed by atoms with Gasteiger partial charge in [0.1, 0.15) is 5.75 Å². The molecule has 0 spiro atoms. The number of benzene rings is 1. The summed E-state index contributed by atoms with van der Waals surface area (Å²) in [5, 5.41) is 5.82. The van der Waals surface area contributed by atoms with Gasteiger partial charge in [0.05, 0.1) is 18.7 Å². The summed E-state index contributed by atoms with van der Waals surface area (Å²) in [7, 11) is 0. The summed E-state index contributed by atoms with van der Waals surface area (Å²) < 4.78 is 5.52. The van der Waals surface area contributed by atoms with Crippen molar-refractivity contribution in [3.05, 3.63) is 23.8 Å². The first kappa shape index (κ1) is 16.3. The van der Waals surface area contributed by atoms with Gasteiger partial charge in [0, 0.05) is 12.5 Å². The fourth-order valence-corrected chi connectivity index (χ4v) is 2.56. The van der Waals surface area contributed by atoms with Gasteiger partial charge in [-0.2, -0.15) is 0 Å². The highest BCUT2D eigenvalue weighted by Gasteiger charge is 2.15. The highest BCUT2D eigenvalue weighted by molar-refractivity contribution is 5.93. The smallest absolute Gasteiger partial charge is 0.227 e. The third kappa shape index (κ3) is 4.23. The maximum Gasteiger partial charge on any atom is 0.227 e. The van der Waals surface area contributed by atoms with Crippen LogP contribution in [0.3, 0.4) is 0 Å². The van der Waals surface area contributed by atoms with Crippen LogP contribution in [0.1, 0.15) is 38.7 Å². The predicted octanol–water partition coefficient (Wildman–Crippen LogP) is 2.50. The number of rotatable bonds is 6. The number of hydrogen-bond acceptors (Lipinski definition) is 3. The molecule has 1 aliphatic rings. The van der Waals surface area contributed by atoms with Crippen LogP contribution in [0.25, 0.3) is 0 Å². The second-order valence-corrected chi connectivity index (χ2v) is 5.53. The zero-order chi connectivity index (χ0) is 15.9. The standard InChI is InChI=1S/C17H24N2O3/c1-3-13(4-2)17(21)18-9-7-12-5-6-15-14(11-12)19-16(20)8-10-22-15/h5-6,11,13H,3-4,7-10H2,1-2H3,(H,18,21)(H,19,20). The summed E-state index contributed by atoms with van der Waals surface area (Å²) in [5.74, 6) is 0.893. The van der Waals surface area contributed by atoms with E-state index in [1.165, 1.54) is 0 Å². The van der Waals surface area contributed by atoms with Gasteiger partial charge in [-0.25, -0.2) is 0 Å². The minimum atomic E-state index is -0.0297. The summed E-state index contributed by atoms with van der Waals surface area (Å²) in [6, 6.07) is 5.76. The lowest BCUT2D eigenvalue weighted by Crippen LogP contribution is -2.31. The number of carbonyl (C=O) groups excluding carboxylic acids is 2. The molecule has 0 bridgehead atoms. The van der Waals surface area contributed by atoms with E-state index >= 15 is 0 Å². The lowest BCUT2D eigenvalue weighted by Gasteiger charge is -2.13. The number of nitrogens with one attached hydrogen (secondary N) is 2. The quantitative estimate of drug-likeness (QED) is 0.848. The Morgan fingerprint density at radius 2 is 2.14 bits per heavy atom. The Kier molecular flexibility index (Phi) is 5.81. The van der Waals surface area contributed by atoms with E-state index in [0.29, 0.717) is 31.0 Å². The van der Waals surface area contributed by atoms with Crippen molar-refractivity contribution >= 4 is 17.5 Å². The Bertz CT molecular complexity index is 539. The van der Waals surface area contributed by atoms with E-state index in [9.17, 15) is 9.59 Å². The van der Waals surface area contributed by atoms with Crippen molar-refractivity contribution in [2.75, 3.05) is 18.5 Å². The Morgan fingerprint density at radius 3 is 2.86 bits per heavy atom. The number of anilines is 1. The second-order valence-electron chi connectivity index (χ2n) is 5.53. The molecule has 2 N–H and O–H groups in total. The van der Waals surface area contributed by atoms with Gasteiger partial charge in [0.2, 0.25) is 11.8 Å². The van der Waals surface area contributed by atoms with Crippen LogP contribution in [-0.2, 0) is 16.0 Å². The summed E-state index contributed by atoms with van der Waals surface area (Å²) in [4.78, 5) is 23.5. The Balaban J connectivity index is 1.91. The molecule has 1 aliphatic heterocycles. The van der Waals surface area contributed by atoms with Crippen LogP contribution in [0, 0.1) is 5.92 Å². The molecule has 0 saturated heterocycles. The Labute approximate surface area is 131 Å². The average Bonchev–Trinajstić information content (AvgIpc) is 2.68. The van der Waals surface area contributed by atoms with Crippen molar-refractivity contribution in [2.45, 2.75) is 39.5 Å². The Morgan fingerprint density at radius 1 is 1.36 bits per heavy atom. The van der Waals surface area contributed by atoms with Crippen molar-refractivity contribution < 1.29 is 14.3 Å². The molecule has 0 radical (unpaired) electrons. The van der Waals surface area contributed by atoms with Gasteiger partial charge in [-0.15, -0.1) is 0 Å². The van der Waals surface area contributed by atoms with E-state index < -0.39 is 0 Å². The number of carbonyl (C=O) groups is 2. The van der Waals surface area contributed by atoms with Crippen LogP contribution in [0.4, 0.5) is 5.69 Å². The lowest BCUT2D eigenvalue weighted by molar-refractivity contribution is -0.125. The van der Waals surface area contributed by atoms with Gasteiger partial charge in [-0.1, -0.05) is 19.9 Å². The van der Waals surface area contributed by atoms with E-state index in [-0.39, 0.29) is 17.7 Å². The van der Waals surface area contributed by atoms with E-state index in [0.717, 1.165) is 24.8 Å². The molecule has 0 fully saturated rings. The third-order valence-corrected chi connectivity index (χ3v) is 3.97. The molecule has 0 aliphatic carbocycles. The molecule has 0 saturated carbocycles. The maximum absolute atomic E-state index is 11.9. The number of fused-ring (bicyclic) bond motifs is 1. The van der Waals surface area contributed by atoms with E-state index in [1.54, 1.807) is 0 Å². The van der Waals surface area contributed by atoms with Crippen molar-refractivity contribution in [1.29, 1.82) is 0 Å². The van der Waals surface area contributed by atoms with Crippen LogP contribution < -0.4 is 15.4 Å². The summed E-state index contributed by atoms with van der Waals surface area (Å²) in [5.41, 5.74) is 1.78. The highest BCUT2D eigenvalue weighted by atomic mass is 16.5. The first-order chi connectivity index (χ1) is 10.6. The molecule has 2 amide bonds. The molecule has 0 aromatic heterocycles. The van der Waals surface area contributed by atoms with Gasteiger partial charge in [-0.05, 0) is 37.0 Å². The van der Waals surface area contributed by atoms with Gasteiger partial charge in [-0.3, -0.25) is 9.59 Å².